The number of rotatable bonds is 4. The maximum atomic E-state index is 2.32. The summed E-state index contributed by atoms with van der Waals surface area (Å²) in [6.07, 6.45) is 5.24. The molecule has 2 aromatic carbocycles. The first-order chi connectivity index (χ1) is 9.83. The van der Waals surface area contributed by atoms with Crippen LogP contribution in [0.2, 0.25) is 0 Å². The van der Waals surface area contributed by atoms with Crippen LogP contribution in [-0.4, -0.2) is 4.57 Å². The molecule has 100 valence electrons. The van der Waals surface area contributed by atoms with Crippen LogP contribution in [0.5, 0.6) is 0 Å². The molecule has 0 unspecified atom stereocenters. The smallest absolute Gasteiger partial charge is 0.237 e. The van der Waals surface area contributed by atoms with Crippen molar-refractivity contribution in [2.24, 2.45) is 7.05 Å². The molecule has 3 aromatic rings. The summed E-state index contributed by atoms with van der Waals surface area (Å²) in [6, 6.07) is 21.2. The van der Waals surface area contributed by atoms with Crippen LogP contribution in [0.1, 0.15) is 17.0 Å². The molecule has 0 aliphatic heterocycles. The summed E-state index contributed by atoms with van der Waals surface area (Å²) in [6.45, 7) is 0.920. The molecule has 20 heavy (non-hydrogen) atoms. The fraction of sp³-hybridized carbons (Fsp3) is 0.167. The van der Waals surface area contributed by atoms with E-state index >= 15 is 0 Å². The van der Waals surface area contributed by atoms with Gasteiger partial charge in [-0.25, -0.2) is 9.13 Å². The van der Waals surface area contributed by atoms with Crippen LogP contribution in [0.15, 0.2) is 73.1 Å². The summed E-state index contributed by atoms with van der Waals surface area (Å²) in [5.74, 6) is 1.32. The first-order valence-electron chi connectivity index (χ1n) is 6.94. The molecule has 0 radical (unpaired) electrons. The minimum absolute atomic E-state index is 0.920. The van der Waals surface area contributed by atoms with Gasteiger partial charge in [0.2, 0.25) is 0 Å². The van der Waals surface area contributed by atoms with E-state index in [1.165, 1.54) is 17.0 Å². The van der Waals surface area contributed by atoms with Crippen molar-refractivity contribution in [1.29, 1.82) is 0 Å². The third-order valence-corrected chi connectivity index (χ3v) is 3.61. The van der Waals surface area contributed by atoms with Gasteiger partial charge in [-0.15, -0.1) is 0 Å². The standard InChI is InChI=1S/C18H19N2/c1-19-12-13-20(15-17-10-6-3-7-11-17)18(19)14-16-8-4-2-5-9-16/h2-13H,14-15H2,1H3/q+1. The summed E-state index contributed by atoms with van der Waals surface area (Å²) in [7, 11) is 2.11. The Morgan fingerprint density at radius 3 is 2.10 bits per heavy atom. The zero-order valence-electron chi connectivity index (χ0n) is 11.7. The van der Waals surface area contributed by atoms with Crippen LogP contribution in [0.4, 0.5) is 0 Å². The van der Waals surface area contributed by atoms with E-state index in [-0.39, 0.29) is 0 Å². The molecular formula is C18H19N2+. The van der Waals surface area contributed by atoms with Gasteiger partial charge in [-0.2, -0.15) is 0 Å². The average Bonchev–Trinajstić information content (AvgIpc) is 2.83. The zero-order chi connectivity index (χ0) is 13.8. The van der Waals surface area contributed by atoms with E-state index in [1.54, 1.807) is 0 Å². The fourth-order valence-electron chi connectivity index (χ4n) is 2.48. The second-order valence-corrected chi connectivity index (χ2v) is 5.10. The van der Waals surface area contributed by atoms with Crippen LogP contribution in [0.25, 0.3) is 0 Å². The third-order valence-electron chi connectivity index (χ3n) is 3.61. The van der Waals surface area contributed by atoms with E-state index in [9.17, 15) is 0 Å². The molecule has 0 aliphatic carbocycles. The number of nitrogens with zero attached hydrogens (tertiary/aromatic N) is 2. The molecule has 2 nitrogen and oxygen atoms in total. The molecule has 2 heteroatoms. The lowest BCUT2D eigenvalue weighted by molar-refractivity contribution is -0.678. The van der Waals surface area contributed by atoms with Crippen molar-refractivity contribution in [2.45, 2.75) is 13.0 Å². The van der Waals surface area contributed by atoms with Crippen LogP contribution in [-0.2, 0) is 20.0 Å². The second-order valence-electron chi connectivity index (χ2n) is 5.10. The number of hydrogen-bond acceptors (Lipinski definition) is 0. The van der Waals surface area contributed by atoms with Crippen molar-refractivity contribution in [1.82, 2.24) is 4.57 Å². The van der Waals surface area contributed by atoms with Gasteiger partial charge in [0, 0.05) is 0 Å². The van der Waals surface area contributed by atoms with Crippen molar-refractivity contribution in [3.8, 4) is 0 Å². The lowest BCUT2D eigenvalue weighted by Gasteiger charge is -2.04. The molecule has 0 bridgehead atoms. The fourth-order valence-corrected chi connectivity index (χ4v) is 2.48. The van der Waals surface area contributed by atoms with Gasteiger partial charge in [-0.05, 0) is 11.1 Å². The summed E-state index contributed by atoms with van der Waals surface area (Å²) >= 11 is 0. The molecule has 0 N–H and O–H groups in total. The molecular weight excluding hydrogens is 244 g/mol. The van der Waals surface area contributed by atoms with E-state index < -0.39 is 0 Å². The first kappa shape index (κ1) is 12.7. The van der Waals surface area contributed by atoms with Crippen LogP contribution in [0.3, 0.4) is 0 Å². The summed E-state index contributed by atoms with van der Waals surface area (Å²) in [4.78, 5) is 0. The van der Waals surface area contributed by atoms with Gasteiger partial charge in [-0.3, -0.25) is 0 Å². The highest BCUT2D eigenvalue weighted by atomic mass is 15.1. The number of imidazole rings is 1. The number of benzene rings is 2. The highest BCUT2D eigenvalue weighted by Gasteiger charge is 2.15. The SMILES string of the molecule is C[n+]1ccn(Cc2ccccc2)c1Cc1ccccc1. The van der Waals surface area contributed by atoms with Gasteiger partial charge in [-0.1, -0.05) is 60.7 Å². The van der Waals surface area contributed by atoms with E-state index in [4.69, 9.17) is 0 Å². The molecule has 0 saturated heterocycles. The Hall–Kier alpha value is -2.35. The second kappa shape index (κ2) is 5.74. The number of aryl methyl sites for hydroxylation is 1. The first-order valence-corrected chi connectivity index (χ1v) is 6.94. The van der Waals surface area contributed by atoms with Gasteiger partial charge in [0.05, 0.1) is 13.5 Å². The molecule has 1 aromatic heterocycles. The highest BCUT2D eigenvalue weighted by Crippen LogP contribution is 2.09. The largest absolute Gasteiger partial charge is 0.260 e. The minimum atomic E-state index is 0.920. The minimum Gasteiger partial charge on any atom is -0.237 e. The van der Waals surface area contributed by atoms with Gasteiger partial charge in [0.1, 0.15) is 18.9 Å². The topological polar surface area (TPSA) is 8.81 Å². The predicted molar refractivity (Wildman–Crippen MR) is 80.4 cm³/mol. The molecule has 0 saturated carbocycles. The van der Waals surface area contributed by atoms with Crippen LogP contribution < -0.4 is 4.57 Å². The molecule has 3 rings (SSSR count). The van der Waals surface area contributed by atoms with Gasteiger partial charge in [0.15, 0.2) is 0 Å². The lowest BCUT2D eigenvalue weighted by Crippen LogP contribution is -2.32. The Morgan fingerprint density at radius 2 is 1.45 bits per heavy atom. The molecule has 1 heterocycles. The van der Waals surface area contributed by atoms with Crippen molar-refractivity contribution in [3.63, 3.8) is 0 Å². The number of hydrogen-bond donors (Lipinski definition) is 0. The van der Waals surface area contributed by atoms with Crippen molar-refractivity contribution in [3.05, 3.63) is 90.0 Å². The molecule has 0 spiro atoms. The summed E-state index contributed by atoms with van der Waals surface area (Å²) < 4.78 is 4.53. The Bertz CT molecular complexity index is 669. The monoisotopic (exact) mass is 263 g/mol. The van der Waals surface area contributed by atoms with Crippen molar-refractivity contribution < 1.29 is 4.57 Å². The van der Waals surface area contributed by atoms with Gasteiger partial charge < -0.3 is 0 Å². The Balaban J connectivity index is 1.86. The zero-order valence-corrected chi connectivity index (χ0v) is 11.7. The summed E-state index contributed by atoms with van der Waals surface area (Å²) in [5, 5.41) is 0. The quantitative estimate of drug-likeness (QED) is 0.640. The highest BCUT2D eigenvalue weighted by molar-refractivity contribution is 5.19. The maximum absolute atomic E-state index is 2.32. The maximum Gasteiger partial charge on any atom is 0.260 e. The van der Waals surface area contributed by atoms with Gasteiger partial charge >= 0.3 is 0 Å². The van der Waals surface area contributed by atoms with E-state index in [2.05, 4.69) is 89.2 Å². The Labute approximate surface area is 119 Å². The Morgan fingerprint density at radius 1 is 0.850 bits per heavy atom. The molecule has 0 atom stereocenters. The molecule has 0 fully saturated rings. The summed E-state index contributed by atoms with van der Waals surface area (Å²) in [5.41, 5.74) is 2.68. The number of aromatic nitrogens is 2. The van der Waals surface area contributed by atoms with Crippen LogP contribution in [0, 0.1) is 0 Å². The molecule has 0 aliphatic rings. The molecule has 0 amide bonds. The predicted octanol–water partition coefficient (Wildman–Crippen LogP) is 2.95. The van der Waals surface area contributed by atoms with E-state index in [0.29, 0.717) is 0 Å². The lowest BCUT2D eigenvalue weighted by atomic mass is 10.1. The normalized spacial score (nSPS) is 10.7. The van der Waals surface area contributed by atoms with Crippen molar-refractivity contribution >= 4 is 0 Å². The third kappa shape index (κ3) is 2.80. The van der Waals surface area contributed by atoms with E-state index in [0.717, 1.165) is 13.0 Å². The van der Waals surface area contributed by atoms with Crippen LogP contribution >= 0.6 is 0 Å². The van der Waals surface area contributed by atoms with Crippen molar-refractivity contribution in [2.75, 3.05) is 0 Å². The van der Waals surface area contributed by atoms with Gasteiger partial charge in [0.25, 0.3) is 5.82 Å². The average molecular weight is 263 g/mol. The Kier molecular flexibility index (Phi) is 3.64. The van der Waals surface area contributed by atoms with E-state index in [1.807, 2.05) is 0 Å².